The van der Waals surface area contributed by atoms with E-state index in [1.807, 2.05) is 0 Å². The van der Waals surface area contributed by atoms with Crippen molar-refractivity contribution in [3.05, 3.63) is 18.2 Å². The molecule has 0 unspecified atom stereocenters. The molecule has 5 atom stereocenters. The van der Waals surface area contributed by atoms with E-state index in [1.54, 1.807) is 6.20 Å². The van der Waals surface area contributed by atoms with Crippen LogP contribution in [-0.2, 0) is 44.7 Å². The van der Waals surface area contributed by atoms with Crippen LogP contribution in [0.4, 0.5) is 0 Å². The summed E-state index contributed by atoms with van der Waals surface area (Å²) in [7, 11) is 0. The van der Waals surface area contributed by atoms with Crippen molar-refractivity contribution in [2.24, 2.45) is 40.1 Å². The van der Waals surface area contributed by atoms with Gasteiger partial charge in [-0.15, -0.1) is 0 Å². The highest BCUT2D eigenvalue weighted by Gasteiger charge is 2.16. The van der Waals surface area contributed by atoms with E-state index in [9.17, 15) is 33.6 Å². The molecule has 0 aliphatic heterocycles. The van der Waals surface area contributed by atoms with Gasteiger partial charge in [0, 0.05) is 24.1 Å². The van der Waals surface area contributed by atoms with Crippen LogP contribution < -0.4 is 40.1 Å². The number of nitrogens with two attached hydrogens (primary N) is 7. The monoisotopic (exact) mass is 659 g/mol. The number of nitrogens with one attached hydrogen (secondary N) is 1. The number of H-pyrrole nitrogens is 1. The Kier molecular flexibility index (Phi) is 29.0. The normalized spacial score (nSPS) is 12.8. The Morgan fingerprint density at radius 1 is 0.841 bits per heavy atom. The molecule has 20 N–H and O–H groups in total. The number of aliphatic carboxylic acids is 5. The SMILES string of the molecule is C[C@H](N)C(=O)OC[C@H](N)C(=O)O.NC(=O)C[C@H](N)C(=O)O.NCC(=O)O.N[C@@H](CS)C(=O)O.N[C@@H](Cc1cnc[nH]1)C(=O)O. The van der Waals surface area contributed by atoms with Gasteiger partial charge in [0.2, 0.25) is 5.91 Å². The van der Waals surface area contributed by atoms with Crippen molar-refractivity contribution in [3.63, 3.8) is 0 Å². The summed E-state index contributed by atoms with van der Waals surface area (Å²) in [5.41, 5.74) is 35.3. The second kappa shape index (κ2) is 27.4. The zero-order chi connectivity index (χ0) is 35.6. The minimum atomic E-state index is -1.22. The summed E-state index contributed by atoms with van der Waals surface area (Å²) in [4.78, 5) is 76.5. The Morgan fingerprint density at radius 2 is 1.27 bits per heavy atom. The summed E-state index contributed by atoms with van der Waals surface area (Å²) in [6.45, 7) is 0.810. The summed E-state index contributed by atoms with van der Waals surface area (Å²) in [5.74, 6) is -6.58. The number of carbonyl (C=O) groups is 7. The molecule has 1 aromatic heterocycles. The number of ether oxygens (including phenoxy) is 1. The quantitative estimate of drug-likeness (QED) is 0.0692. The molecule has 0 aliphatic carbocycles. The van der Waals surface area contributed by atoms with Gasteiger partial charge in [-0.1, -0.05) is 0 Å². The van der Waals surface area contributed by atoms with E-state index < -0.39 is 71.9 Å². The Bertz CT molecular complexity index is 1010. The molecule has 1 aromatic rings. The minimum Gasteiger partial charge on any atom is -0.480 e. The molecule has 22 nitrogen and oxygen atoms in total. The molecule has 0 fully saturated rings. The van der Waals surface area contributed by atoms with E-state index >= 15 is 0 Å². The number of aromatic nitrogens is 2. The molecule has 1 amide bonds. The predicted molar refractivity (Wildman–Crippen MR) is 154 cm³/mol. The van der Waals surface area contributed by atoms with Crippen molar-refractivity contribution < 1.29 is 63.8 Å². The van der Waals surface area contributed by atoms with Crippen LogP contribution in [0.5, 0.6) is 0 Å². The molecule has 1 heterocycles. The van der Waals surface area contributed by atoms with Crippen LogP contribution in [0, 0.1) is 0 Å². The largest absolute Gasteiger partial charge is 0.480 e. The number of imidazole rings is 1. The zero-order valence-corrected chi connectivity index (χ0v) is 24.4. The number of amides is 1. The van der Waals surface area contributed by atoms with Crippen LogP contribution >= 0.6 is 12.6 Å². The Labute approximate surface area is 255 Å². The first-order chi connectivity index (χ1) is 20.1. The van der Waals surface area contributed by atoms with Gasteiger partial charge in [0.1, 0.15) is 36.8 Å². The number of aromatic amines is 1. The van der Waals surface area contributed by atoms with Gasteiger partial charge in [0.15, 0.2) is 0 Å². The van der Waals surface area contributed by atoms with Crippen molar-refractivity contribution in [2.75, 3.05) is 18.9 Å². The summed E-state index contributed by atoms with van der Waals surface area (Å²) in [6.07, 6.45) is 3.03. The average molecular weight is 660 g/mol. The minimum absolute atomic E-state index is 0.190. The molecule has 0 spiro atoms. The lowest BCUT2D eigenvalue weighted by Crippen LogP contribution is -2.38. The maximum atomic E-state index is 10.7. The second-order valence-corrected chi connectivity index (χ2v) is 8.29. The first-order valence-electron chi connectivity index (χ1n) is 11.8. The highest BCUT2D eigenvalue weighted by atomic mass is 32.1. The fourth-order valence-corrected chi connectivity index (χ4v) is 1.63. The third-order valence-electron chi connectivity index (χ3n) is 3.83. The summed E-state index contributed by atoms with van der Waals surface area (Å²) in [6, 6.07) is -4.78. The van der Waals surface area contributed by atoms with Gasteiger partial charge in [-0.25, -0.2) is 4.98 Å². The maximum absolute atomic E-state index is 10.7. The number of rotatable bonds is 13. The van der Waals surface area contributed by atoms with E-state index in [-0.39, 0.29) is 31.7 Å². The zero-order valence-electron chi connectivity index (χ0n) is 23.5. The molecule has 1 rings (SSSR count). The van der Waals surface area contributed by atoms with Gasteiger partial charge >= 0.3 is 35.8 Å². The van der Waals surface area contributed by atoms with E-state index in [0.717, 1.165) is 5.69 Å². The number of carboxylic acids is 5. The number of carboxylic acid groups (broad SMARTS) is 5. The number of primary amides is 1. The van der Waals surface area contributed by atoms with E-state index in [1.165, 1.54) is 13.3 Å². The first kappa shape index (κ1) is 46.6. The molecule has 44 heavy (non-hydrogen) atoms. The van der Waals surface area contributed by atoms with E-state index in [4.69, 9.17) is 54.2 Å². The topological polar surface area (TPSA) is 441 Å². The number of hydrogen-bond donors (Lipinski definition) is 14. The lowest BCUT2D eigenvalue weighted by molar-refractivity contribution is -0.149. The van der Waals surface area contributed by atoms with E-state index in [0.29, 0.717) is 0 Å². The van der Waals surface area contributed by atoms with Crippen LogP contribution in [0.2, 0.25) is 0 Å². The average Bonchev–Trinajstić information content (AvgIpc) is 3.44. The molecule has 0 aromatic carbocycles. The van der Waals surface area contributed by atoms with Gasteiger partial charge in [0.05, 0.1) is 19.3 Å². The molecular weight excluding hydrogens is 618 g/mol. The smallest absolute Gasteiger partial charge is 0.324 e. The lowest BCUT2D eigenvalue weighted by Gasteiger charge is -2.09. The molecule has 0 aliphatic rings. The van der Waals surface area contributed by atoms with Crippen molar-refractivity contribution in [1.82, 2.24) is 9.97 Å². The lowest BCUT2D eigenvalue weighted by atomic mass is 10.2. The van der Waals surface area contributed by atoms with Gasteiger partial charge in [0.25, 0.3) is 0 Å². The van der Waals surface area contributed by atoms with Crippen molar-refractivity contribution >= 4 is 54.4 Å². The summed E-state index contributed by atoms with van der Waals surface area (Å²) >= 11 is 3.65. The Hall–Kier alpha value is -4.39. The number of carbonyl (C=O) groups excluding carboxylic acids is 2. The standard InChI is InChI=1S/C6H9N3O2.C6H12N2O4.C4H8N2O3.C3H7NO2S.C2H5NO2/c7-5(6(10)11)1-4-2-8-3-9-4;1-3(7)6(11)12-2-4(8)5(9)10;5-2(4(8)9)1-3(6)7;4-2(1-7)3(5)6;3-1-2(4)5/h2-3,5H,1,7H2,(H,8,9)(H,10,11);3-4H,2,7-8H2,1H3,(H,9,10);2H,1,5H2,(H2,6,7)(H,8,9);2,7H,1,4H2,(H,5,6);1,3H2,(H,4,5)/t5-;3-,4-;2*2-;/m0000./s1. The summed E-state index contributed by atoms with van der Waals surface area (Å²) in [5, 5.41) is 40.4. The van der Waals surface area contributed by atoms with Crippen LogP contribution in [-0.4, -0.2) is 126 Å². The molecule has 0 bridgehead atoms. The molecule has 0 saturated heterocycles. The maximum Gasteiger partial charge on any atom is 0.324 e. The fourth-order valence-electron chi connectivity index (χ4n) is 1.48. The third-order valence-corrected chi connectivity index (χ3v) is 4.23. The first-order valence-corrected chi connectivity index (χ1v) is 12.4. The summed E-state index contributed by atoms with van der Waals surface area (Å²) < 4.78 is 4.46. The molecule has 254 valence electrons. The highest BCUT2D eigenvalue weighted by Crippen LogP contribution is 1.95. The Balaban J connectivity index is -0.000000234. The van der Waals surface area contributed by atoms with Crippen molar-refractivity contribution in [1.29, 1.82) is 0 Å². The molecule has 0 saturated carbocycles. The second-order valence-electron chi connectivity index (χ2n) is 7.93. The van der Waals surface area contributed by atoms with Crippen LogP contribution in [0.15, 0.2) is 12.5 Å². The fraction of sp³-hybridized carbons (Fsp3) is 0.524. The van der Waals surface area contributed by atoms with Gasteiger partial charge in [-0.05, 0) is 6.92 Å². The van der Waals surface area contributed by atoms with E-state index in [2.05, 4.69) is 38.8 Å². The predicted octanol–water partition coefficient (Wildman–Crippen LogP) is -5.72. The van der Waals surface area contributed by atoms with Crippen molar-refractivity contribution in [3.8, 4) is 0 Å². The molecule has 23 heteroatoms. The van der Waals surface area contributed by atoms with Crippen LogP contribution in [0.3, 0.4) is 0 Å². The third kappa shape index (κ3) is 32.1. The number of thiol groups is 1. The van der Waals surface area contributed by atoms with Gasteiger partial charge in [-0.3, -0.25) is 33.6 Å². The Morgan fingerprint density at radius 3 is 1.50 bits per heavy atom. The number of esters is 1. The molecular formula is C21H41N9O13S. The van der Waals surface area contributed by atoms with Crippen LogP contribution in [0.1, 0.15) is 19.0 Å². The van der Waals surface area contributed by atoms with Gasteiger partial charge < -0.3 is 75.4 Å². The van der Waals surface area contributed by atoms with Crippen molar-refractivity contribution in [2.45, 2.75) is 50.0 Å². The number of nitrogens with zero attached hydrogens (tertiary/aromatic N) is 1. The highest BCUT2D eigenvalue weighted by molar-refractivity contribution is 7.80. The van der Waals surface area contributed by atoms with Crippen LogP contribution in [0.25, 0.3) is 0 Å². The number of hydrogen-bond acceptors (Lipinski definition) is 16. The molecule has 0 radical (unpaired) electrons. The van der Waals surface area contributed by atoms with Gasteiger partial charge in [-0.2, -0.15) is 12.6 Å².